The second-order valence-corrected chi connectivity index (χ2v) is 5.49. The summed E-state index contributed by atoms with van der Waals surface area (Å²) in [4.78, 5) is 2.15. The van der Waals surface area contributed by atoms with Crippen LogP contribution in [0.4, 0.5) is 5.69 Å². The van der Waals surface area contributed by atoms with Gasteiger partial charge in [-0.3, -0.25) is 0 Å². The number of allylic oxidation sites excluding steroid dienone is 1. The minimum Gasteiger partial charge on any atom is -0.378 e. The van der Waals surface area contributed by atoms with Crippen LogP contribution in [-0.2, 0) is 6.42 Å². The number of benzene rings is 2. The molecule has 0 radical (unpaired) electrons. The topological polar surface area (TPSA) is 3.24 Å². The van der Waals surface area contributed by atoms with Gasteiger partial charge in [0.25, 0.3) is 0 Å². The molecule has 0 atom stereocenters. The summed E-state index contributed by atoms with van der Waals surface area (Å²) in [5.41, 5.74) is 8.19. The van der Waals surface area contributed by atoms with E-state index in [0.29, 0.717) is 0 Å². The first kappa shape index (κ1) is 12.0. The van der Waals surface area contributed by atoms with Gasteiger partial charge in [-0.1, -0.05) is 42.0 Å². The fourth-order valence-corrected chi connectivity index (χ4v) is 2.74. The highest BCUT2D eigenvalue weighted by atomic mass is 15.1. The van der Waals surface area contributed by atoms with E-state index in [1.165, 1.54) is 33.5 Å². The van der Waals surface area contributed by atoms with Crippen LogP contribution in [-0.4, -0.2) is 14.1 Å². The van der Waals surface area contributed by atoms with Crippen LogP contribution < -0.4 is 4.90 Å². The van der Waals surface area contributed by atoms with Crippen molar-refractivity contribution in [2.75, 3.05) is 19.0 Å². The maximum absolute atomic E-state index is 2.33. The molecule has 1 aliphatic carbocycles. The molecule has 3 rings (SSSR count). The smallest absolute Gasteiger partial charge is 0.0367 e. The Balaban J connectivity index is 2.13. The van der Waals surface area contributed by atoms with E-state index in [1.807, 2.05) is 0 Å². The van der Waals surface area contributed by atoms with E-state index in [9.17, 15) is 0 Å². The van der Waals surface area contributed by atoms with Crippen LogP contribution in [0.5, 0.6) is 0 Å². The molecule has 1 aliphatic rings. The lowest BCUT2D eigenvalue weighted by molar-refractivity contribution is 1.13. The molecule has 0 heterocycles. The SMILES string of the molecule is CC1=Cc2c(cccc2-c2cccc(N(C)C)c2)C1. The molecule has 1 heteroatoms. The quantitative estimate of drug-likeness (QED) is 0.763. The first-order chi connectivity index (χ1) is 9.15. The summed E-state index contributed by atoms with van der Waals surface area (Å²) in [6.07, 6.45) is 3.42. The molecule has 1 nitrogen and oxygen atoms in total. The maximum Gasteiger partial charge on any atom is 0.0367 e. The molecule has 0 bridgehead atoms. The van der Waals surface area contributed by atoms with Gasteiger partial charge in [-0.05, 0) is 47.7 Å². The normalized spacial score (nSPS) is 13.1. The predicted octanol–water partition coefficient (Wildman–Crippen LogP) is 4.38. The third-order valence-corrected chi connectivity index (χ3v) is 3.73. The van der Waals surface area contributed by atoms with Crippen LogP contribution >= 0.6 is 0 Å². The summed E-state index contributed by atoms with van der Waals surface area (Å²) in [5, 5.41) is 0. The molecule has 96 valence electrons. The Hall–Kier alpha value is -2.02. The monoisotopic (exact) mass is 249 g/mol. The van der Waals surface area contributed by atoms with Gasteiger partial charge in [0.2, 0.25) is 0 Å². The predicted molar refractivity (Wildman–Crippen MR) is 83.6 cm³/mol. The highest BCUT2D eigenvalue weighted by Gasteiger charge is 2.14. The third kappa shape index (κ3) is 2.17. The molecule has 0 aliphatic heterocycles. The number of hydrogen-bond donors (Lipinski definition) is 0. The van der Waals surface area contributed by atoms with E-state index in [1.54, 1.807) is 0 Å². The van der Waals surface area contributed by atoms with Crippen molar-refractivity contribution in [1.29, 1.82) is 0 Å². The third-order valence-electron chi connectivity index (χ3n) is 3.73. The van der Waals surface area contributed by atoms with Crippen molar-refractivity contribution in [3.63, 3.8) is 0 Å². The van der Waals surface area contributed by atoms with Crippen LogP contribution in [0.15, 0.2) is 48.0 Å². The molecule has 0 unspecified atom stereocenters. The summed E-state index contributed by atoms with van der Waals surface area (Å²) >= 11 is 0. The van der Waals surface area contributed by atoms with Crippen LogP contribution in [0.1, 0.15) is 18.1 Å². The Morgan fingerprint density at radius 1 is 1.00 bits per heavy atom. The minimum absolute atomic E-state index is 1.09. The number of rotatable bonds is 2. The van der Waals surface area contributed by atoms with E-state index in [4.69, 9.17) is 0 Å². The van der Waals surface area contributed by atoms with Crippen molar-refractivity contribution in [2.45, 2.75) is 13.3 Å². The largest absolute Gasteiger partial charge is 0.378 e. The molecule has 0 spiro atoms. The zero-order chi connectivity index (χ0) is 13.4. The van der Waals surface area contributed by atoms with Crippen molar-refractivity contribution in [3.05, 3.63) is 59.2 Å². The van der Waals surface area contributed by atoms with Gasteiger partial charge in [-0.2, -0.15) is 0 Å². The molecular weight excluding hydrogens is 230 g/mol. The van der Waals surface area contributed by atoms with Gasteiger partial charge in [0.05, 0.1) is 0 Å². The average molecular weight is 249 g/mol. The molecule has 0 saturated heterocycles. The molecule has 2 aromatic rings. The van der Waals surface area contributed by atoms with Crippen LogP contribution in [0.2, 0.25) is 0 Å². The second kappa shape index (κ2) is 4.58. The van der Waals surface area contributed by atoms with Gasteiger partial charge in [0, 0.05) is 19.8 Å². The fourth-order valence-electron chi connectivity index (χ4n) is 2.74. The van der Waals surface area contributed by atoms with Gasteiger partial charge in [-0.25, -0.2) is 0 Å². The Kier molecular flexibility index (Phi) is 2.90. The minimum atomic E-state index is 1.09. The highest BCUT2D eigenvalue weighted by molar-refractivity contribution is 5.81. The van der Waals surface area contributed by atoms with Crippen molar-refractivity contribution in [1.82, 2.24) is 0 Å². The summed E-state index contributed by atoms with van der Waals surface area (Å²) in [5.74, 6) is 0. The summed E-state index contributed by atoms with van der Waals surface area (Å²) in [7, 11) is 4.16. The molecule has 0 amide bonds. The molecular formula is C18H19N. The lowest BCUT2D eigenvalue weighted by Crippen LogP contribution is -2.08. The summed E-state index contributed by atoms with van der Waals surface area (Å²) in [6, 6.07) is 15.4. The van der Waals surface area contributed by atoms with Gasteiger partial charge in [0.1, 0.15) is 0 Å². The zero-order valence-electron chi connectivity index (χ0n) is 11.8. The fraction of sp³-hybridized carbons (Fsp3) is 0.222. The Bertz CT molecular complexity index is 650. The lowest BCUT2D eigenvalue weighted by atomic mass is 9.97. The van der Waals surface area contributed by atoms with Gasteiger partial charge < -0.3 is 4.90 Å². The highest BCUT2D eigenvalue weighted by Crippen LogP contribution is 2.34. The number of hydrogen-bond acceptors (Lipinski definition) is 1. The van der Waals surface area contributed by atoms with Gasteiger partial charge in [-0.15, -0.1) is 0 Å². The molecule has 0 fully saturated rings. The van der Waals surface area contributed by atoms with Crippen LogP contribution in [0.3, 0.4) is 0 Å². The Labute approximate surface area is 115 Å². The van der Waals surface area contributed by atoms with E-state index >= 15 is 0 Å². The summed E-state index contributed by atoms with van der Waals surface area (Å²) < 4.78 is 0. The molecule has 0 aromatic heterocycles. The Morgan fingerprint density at radius 2 is 1.79 bits per heavy atom. The number of anilines is 1. The Morgan fingerprint density at radius 3 is 2.58 bits per heavy atom. The number of nitrogens with zero attached hydrogens (tertiary/aromatic N) is 1. The lowest BCUT2D eigenvalue weighted by Gasteiger charge is -2.15. The van der Waals surface area contributed by atoms with E-state index < -0.39 is 0 Å². The van der Waals surface area contributed by atoms with Gasteiger partial charge in [0.15, 0.2) is 0 Å². The van der Waals surface area contributed by atoms with Crippen molar-refractivity contribution in [2.24, 2.45) is 0 Å². The van der Waals surface area contributed by atoms with Crippen molar-refractivity contribution in [3.8, 4) is 11.1 Å². The van der Waals surface area contributed by atoms with E-state index in [-0.39, 0.29) is 0 Å². The summed E-state index contributed by atoms with van der Waals surface area (Å²) in [6.45, 7) is 2.21. The average Bonchev–Trinajstić information content (AvgIpc) is 2.78. The van der Waals surface area contributed by atoms with Crippen LogP contribution in [0, 0.1) is 0 Å². The molecule has 2 aromatic carbocycles. The van der Waals surface area contributed by atoms with E-state index in [2.05, 4.69) is 74.5 Å². The molecule has 0 saturated carbocycles. The van der Waals surface area contributed by atoms with Crippen molar-refractivity contribution >= 4 is 11.8 Å². The zero-order valence-corrected chi connectivity index (χ0v) is 11.8. The first-order valence-corrected chi connectivity index (χ1v) is 6.72. The maximum atomic E-state index is 2.33. The van der Waals surface area contributed by atoms with Crippen molar-refractivity contribution < 1.29 is 0 Å². The first-order valence-electron chi connectivity index (χ1n) is 6.72. The number of fused-ring (bicyclic) bond motifs is 1. The van der Waals surface area contributed by atoms with Gasteiger partial charge >= 0.3 is 0 Å². The second-order valence-electron chi connectivity index (χ2n) is 5.49. The molecule has 0 N–H and O–H groups in total. The van der Waals surface area contributed by atoms with Crippen LogP contribution in [0.25, 0.3) is 17.2 Å². The van der Waals surface area contributed by atoms with E-state index in [0.717, 1.165) is 6.42 Å². The molecule has 19 heavy (non-hydrogen) atoms. The standard InChI is InChI=1S/C18H19N/c1-13-10-14-7-5-9-17(18(14)11-13)15-6-4-8-16(12-15)19(2)3/h4-9,11-12H,10H2,1-3H3.